The highest BCUT2D eigenvalue weighted by molar-refractivity contribution is 5.96. The average Bonchev–Trinajstić information content (AvgIpc) is 2.72. The quantitative estimate of drug-likeness (QED) is 0.0926. The van der Waals surface area contributed by atoms with Crippen molar-refractivity contribution in [1.29, 1.82) is 0 Å². The number of rotatable bonds is 17. The van der Waals surface area contributed by atoms with Crippen LogP contribution >= 0.6 is 0 Å². The number of carboxylic acids is 5. The standard InChI is InChI=1S/C18H26N4O13/c19-7(1-3-11(23)24)15(31)21-9(5-13(27)28)17(33)20-8(2-4-12(25)26)16(32)22-10(18(34)35)6-14(29)30/h7-10H,1-6,19H2,(H,20,33)(H,21,31)(H,22,32)(H,23,24)(H,25,26)(H,27,28)(H,29,30)(H,34,35)/t7-,8-,9-,10-/m0/s1. The number of carboxylic acid groups (broad SMARTS) is 5. The molecule has 0 saturated heterocycles. The number of hydrogen-bond donors (Lipinski definition) is 9. The summed E-state index contributed by atoms with van der Waals surface area (Å²) in [6.45, 7) is 0. The fraction of sp³-hybridized carbons (Fsp3) is 0.556. The molecule has 3 amide bonds. The zero-order valence-corrected chi connectivity index (χ0v) is 18.1. The van der Waals surface area contributed by atoms with Crippen molar-refractivity contribution in [3.63, 3.8) is 0 Å². The SMILES string of the molecule is N[C@@H](CCC(=O)O)C(=O)N[C@@H](CC(=O)O)C(=O)N[C@@H](CCC(=O)O)C(=O)N[C@@H](CC(=O)O)C(=O)O. The van der Waals surface area contributed by atoms with E-state index < -0.39 is 104 Å². The van der Waals surface area contributed by atoms with Crippen molar-refractivity contribution >= 4 is 47.6 Å². The molecular weight excluding hydrogens is 480 g/mol. The molecule has 196 valence electrons. The van der Waals surface area contributed by atoms with E-state index in [-0.39, 0.29) is 6.42 Å². The predicted molar refractivity (Wildman–Crippen MR) is 110 cm³/mol. The minimum absolute atomic E-state index is 0.341. The number of hydrogen-bond acceptors (Lipinski definition) is 9. The molecule has 0 spiro atoms. The van der Waals surface area contributed by atoms with Crippen molar-refractivity contribution in [3.05, 3.63) is 0 Å². The Morgan fingerprint density at radius 1 is 0.543 bits per heavy atom. The number of aliphatic carboxylic acids is 5. The van der Waals surface area contributed by atoms with Crippen LogP contribution in [-0.4, -0.2) is 97.3 Å². The Morgan fingerprint density at radius 3 is 1.40 bits per heavy atom. The maximum absolute atomic E-state index is 12.6. The van der Waals surface area contributed by atoms with Gasteiger partial charge in [-0.1, -0.05) is 0 Å². The molecule has 0 saturated carbocycles. The van der Waals surface area contributed by atoms with Gasteiger partial charge in [0.15, 0.2) is 0 Å². The molecule has 35 heavy (non-hydrogen) atoms. The van der Waals surface area contributed by atoms with Crippen LogP contribution in [0.3, 0.4) is 0 Å². The molecule has 0 rings (SSSR count). The van der Waals surface area contributed by atoms with Gasteiger partial charge in [0, 0.05) is 12.8 Å². The summed E-state index contributed by atoms with van der Waals surface area (Å²) in [5.41, 5.74) is 5.51. The largest absolute Gasteiger partial charge is 0.481 e. The van der Waals surface area contributed by atoms with Crippen molar-refractivity contribution in [2.45, 2.75) is 62.7 Å². The number of carbonyl (C=O) groups excluding carboxylic acids is 3. The van der Waals surface area contributed by atoms with Gasteiger partial charge in [-0.25, -0.2) is 4.79 Å². The molecule has 0 aromatic carbocycles. The average molecular weight is 506 g/mol. The van der Waals surface area contributed by atoms with Crippen molar-refractivity contribution < 1.29 is 63.9 Å². The fourth-order valence-electron chi connectivity index (χ4n) is 2.53. The van der Waals surface area contributed by atoms with Gasteiger partial charge in [-0.2, -0.15) is 0 Å². The van der Waals surface area contributed by atoms with Crippen LogP contribution in [0, 0.1) is 0 Å². The number of nitrogens with one attached hydrogen (secondary N) is 3. The number of nitrogens with two attached hydrogens (primary N) is 1. The molecule has 17 nitrogen and oxygen atoms in total. The van der Waals surface area contributed by atoms with E-state index in [4.69, 9.17) is 31.3 Å². The molecule has 0 unspecified atom stereocenters. The summed E-state index contributed by atoms with van der Waals surface area (Å²) in [6, 6.07) is -6.92. The Hall–Kier alpha value is -4.28. The lowest BCUT2D eigenvalue weighted by atomic mass is 10.1. The topological polar surface area (TPSA) is 300 Å². The van der Waals surface area contributed by atoms with Gasteiger partial charge in [0.25, 0.3) is 0 Å². The zero-order valence-electron chi connectivity index (χ0n) is 18.1. The first kappa shape index (κ1) is 30.7. The van der Waals surface area contributed by atoms with E-state index in [9.17, 15) is 38.4 Å². The molecule has 0 aromatic rings. The van der Waals surface area contributed by atoms with Crippen LogP contribution < -0.4 is 21.7 Å². The van der Waals surface area contributed by atoms with Crippen LogP contribution in [0.2, 0.25) is 0 Å². The second-order valence-corrected chi connectivity index (χ2v) is 7.19. The van der Waals surface area contributed by atoms with Crippen LogP contribution in [0.4, 0.5) is 0 Å². The number of carbonyl (C=O) groups is 8. The molecule has 0 bridgehead atoms. The van der Waals surface area contributed by atoms with E-state index in [0.717, 1.165) is 0 Å². The normalized spacial score (nSPS) is 13.9. The Bertz CT molecular complexity index is 859. The third-order valence-electron chi connectivity index (χ3n) is 4.29. The molecule has 4 atom stereocenters. The van der Waals surface area contributed by atoms with Crippen LogP contribution in [0.15, 0.2) is 0 Å². The maximum Gasteiger partial charge on any atom is 0.326 e. The molecule has 0 radical (unpaired) electrons. The molecule has 0 heterocycles. The summed E-state index contributed by atoms with van der Waals surface area (Å²) in [4.78, 5) is 91.8. The molecule has 0 fully saturated rings. The summed E-state index contributed by atoms with van der Waals surface area (Å²) in [5.74, 6) is -11.2. The number of amides is 3. The van der Waals surface area contributed by atoms with Crippen LogP contribution in [0.5, 0.6) is 0 Å². The highest BCUT2D eigenvalue weighted by Gasteiger charge is 2.32. The van der Waals surface area contributed by atoms with Crippen molar-refractivity contribution in [2.24, 2.45) is 5.73 Å². The molecule has 0 aliphatic rings. The first-order chi connectivity index (χ1) is 16.1. The van der Waals surface area contributed by atoms with E-state index >= 15 is 0 Å². The van der Waals surface area contributed by atoms with Gasteiger partial charge in [0.2, 0.25) is 17.7 Å². The van der Waals surface area contributed by atoms with Gasteiger partial charge in [-0.05, 0) is 12.8 Å². The maximum atomic E-state index is 12.6. The summed E-state index contributed by atoms with van der Waals surface area (Å²) in [6.07, 6.45) is -4.18. The zero-order chi connectivity index (χ0) is 27.3. The van der Waals surface area contributed by atoms with Crippen LogP contribution in [0.1, 0.15) is 38.5 Å². The monoisotopic (exact) mass is 506 g/mol. The molecule has 0 aromatic heterocycles. The van der Waals surface area contributed by atoms with Gasteiger partial charge >= 0.3 is 29.8 Å². The lowest BCUT2D eigenvalue weighted by Crippen LogP contribution is -2.57. The molecule has 0 aliphatic heterocycles. The summed E-state index contributed by atoms with van der Waals surface area (Å²) < 4.78 is 0. The first-order valence-corrected chi connectivity index (χ1v) is 9.90. The minimum atomic E-state index is -1.93. The van der Waals surface area contributed by atoms with Gasteiger partial charge in [0.1, 0.15) is 18.1 Å². The van der Waals surface area contributed by atoms with E-state index in [0.29, 0.717) is 0 Å². The molecule has 10 N–H and O–H groups in total. The second-order valence-electron chi connectivity index (χ2n) is 7.19. The van der Waals surface area contributed by atoms with E-state index in [1.54, 1.807) is 0 Å². The van der Waals surface area contributed by atoms with Crippen LogP contribution in [-0.2, 0) is 38.4 Å². The highest BCUT2D eigenvalue weighted by Crippen LogP contribution is 2.04. The Labute approximate surface area is 196 Å². The smallest absolute Gasteiger partial charge is 0.326 e. The third-order valence-corrected chi connectivity index (χ3v) is 4.29. The van der Waals surface area contributed by atoms with Gasteiger partial charge < -0.3 is 47.2 Å². The third kappa shape index (κ3) is 13.1. The molecular formula is C18H26N4O13. The summed E-state index contributed by atoms with van der Waals surface area (Å²) in [5, 5.41) is 50.2. The molecule has 0 aliphatic carbocycles. The predicted octanol–water partition coefficient (Wildman–Crippen LogP) is -3.47. The lowest BCUT2D eigenvalue weighted by molar-refractivity contribution is -0.147. The Balaban J connectivity index is 5.59. The minimum Gasteiger partial charge on any atom is -0.481 e. The van der Waals surface area contributed by atoms with E-state index in [1.165, 1.54) is 0 Å². The second kappa shape index (κ2) is 14.8. The summed E-state index contributed by atoms with van der Waals surface area (Å²) >= 11 is 0. The van der Waals surface area contributed by atoms with Crippen molar-refractivity contribution in [2.75, 3.05) is 0 Å². The van der Waals surface area contributed by atoms with E-state index in [2.05, 4.69) is 0 Å². The van der Waals surface area contributed by atoms with Gasteiger partial charge in [0.05, 0.1) is 18.9 Å². The summed E-state index contributed by atoms with van der Waals surface area (Å²) in [7, 11) is 0. The van der Waals surface area contributed by atoms with E-state index in [1.807, 2.05) is 16.0 Å². The first-order valence-electron chi connectivity index (χ1n) is 9.90. The van der Waals surface area contributed by atoms with Crippen LogP contribution in [0.25, 0.3) is 0 Å². The molecule has 17 heteroatoms. The lowest BCUT2D eigenvalue weighted by Gasteiger charge is -2.24. The van der Waals surface area contributed by atoms with Crippen molar-refractivity contribution in [3.8, 4) is 0 Å². The highest BCUT2D eigenvalue weighted by atomic mass is 16.4. The Kier molecular flexibility index (Phi) is 13.0. The van der Waals surface area contributed by atoms with Gasteiger partial charge in [-0.15, -0.1) is 0 Å². The fourth-order valence-corrected chi connectivity index (χ4v) is 2.53. The van der Waals surface area contributed by atoms with Crippen molar-refractivity contribution in [1.82, 2.24) is 16.0 Å². The van der Waals surface area contributed by atoms with Gasteiger partial charge in [-0.3, -0.25) is 33.6 Å². The Morgan fingerprint density at radius 2 is 0.943 bits per heavy atom.